The lowest BCUT2D eigenvalue weighted by atomic mass is 10.2. The van der Waals surface area contributed by atoms with Crippen molar-refractivity contribution < 1.29 is 9.53 Å². The van der Waals surface area contributed by atoms with E-state index in [1.807, 2.05) is 18.2 Å². The molecule has 0 unspecified atom stereocenters. The number of carbonyl (C=O) groups is 1. The van der Waals surface area contributed by atoms with E-state index >= 15 is 0 Å². The lowest BCUT2D eigenvalue weighted by Crippen LogP contribution is -2.13. The fourth-order valence-electron chi connectivity index (χ4n) is 2.64. The minimum atomic E-state index is -0.251. The number of nitrogens with zero attached hydrogens (tertiary/aromatic N) is 4. The molecule has 3 heterocycles. The first kappa shape index (κ1) is 18.1. The second-order valence-corrected chi connectivity index (χ2v) is 8.70. The second kappa shape index (κ2) is 6.92. The molecule has 0 saturated heterocycles. The SMILES string of the molecule is Cc1sc2nc(C(C)C)n3c(SCC(=O)OC(C)C)nnc3c2c1C. The van der Waals surface area contributed by atoms with Gasteiger partial charge in [0.05, 0.1) is 17.2 Å². The molecule has 0 fully saturated rings. The third-order valence-electron chi connectivity index (χ3n) is 3.87. The van der Waals surface area contributed by atoms with Crippen molar-refractivity contribution in [1.29, 1.82) is 0 Å². The standard InChI is InChI=1S/C17H22N4O2S2/c1-8(2)14-18-16-13(10(5)11(6)25-16)15-19-20-17(21(14)15)24-7-12(22)23-9(3)4/h8-9H,7H2,1-6H3. The summed E-state index contributed by atoms with van der Waals surface area (Å²) in [6, 6.07) is 0. The van der Waals surface area contributed by atoms with Gasteiger partial charge in [0, 0.05) is 10.8 Å². The van der Waals surface area contributed by atoms with Crippen LogP contribution in [0, 0.1) is 13.8 Å². The molecule has 134 valence electrons. The van der Waals surface area contributed by atoms with Crippen molar-refractivity contribution in [2.24, 2.45) is 0 Å². The Labute approximate surface area is 155 Å². The largest absolute Gasteiger partial charge is 0.462 e. The predicted octanol–water partition coefficient (Wildman–Crippen LogP) is 4.12. The number of thioether (sulfide) groups is 1. The van der Waals surface area contributed by atoms with Crippen LogP contribution in [0.15, 0.2) is 5.16 Å². The van der Waals surface area contributed by atoms with Gasteiger partial charge in [0.2, 0.25) is 0 Å². The first-order valence-corrected chi connectivity index (χ1v) is 10.1. The number of carbonyl (C=O) groups excluding carboxylic acids is 1. The van der Waals surface area contributed by atoms with Gasteiger partial charge < -0.3 is 4.74 Å². The van der Waals surface area contributed by atoms with Crippen LogP contribution in [0.5, 0.6) is 0 Å². The van der Waals surface area contributed by atoms with Gasteiger partial charge in [0.1, 0.15) is 10.7 Å². The molecule has 0 aromatic carbocycles. The Bertz CT molecular complexity index is 943. The Morgan fingerprint density at radius 2 is 1.96 bits per heavy atom. The smallest absolute Gasteiger partial charge is 0.316 e. The van der Waals surface area contributed by atoms with Gasteiger partial charge >= 0.3 is 5.97 Å². The van der Waals surface area contributed by atoms with Crippen LogP contribution in [0.3, 0.4) is 0 Å². The van der Waals surface area contributed by atoms with Crippen LogP contribution in [0.25, 0.3) is 15.9 Å². The van der Waals surface area contributed by atoms with Gasteiger partial charge in [-0.3, -0.25) is 9.20 Å². The van der Waals surface area contributed by atoms with E-state index in [1.54, 1.807) is 11.3 Å². The molecule has 0 amide bonds. The first-order chi connectivity index (χ1) is 11.8. The molecule has 3 aromatic rings. The van der Waals surface area contributed by atoms with Gasteiger partial charge in [0.15, 0.2) is 10.8 Å². The fourth-order valence-corrected chi connectivity index (χ4v) is 4.40. The van der Waals surface area contributed by atoms with Crippen molar-refractivity contribution in [3.05, 3.63) is 16.3 Å². The van der Waals surface area contributed by atoms with Crippen LogP contribution in [-0.4, -0.2) is 37.4 Å². The zero-order valence-corrected chi connectivity index (χ0v) is 16.9. The number of fused-ring (bicyclic) bond motifs is 3. The van der Waals surface area contributed by atoms with Crippen molar-refractivity contribution in [3.63, 3.8) is 0 Å². The van der Waals surface area contributed by atoms with Crippen LogP contribution < -0.4 is 0 Å². The maximum absolute atomic E-state index is 11.9. The molecule has 0 saturated carbocycles. The quantitative estimate of drug-likeness (QED) is 0.491. The molecule has 8 heteroatoms. The van der Waals surface area contributed by atoms with Crippen molar-refractivity contribution >= 4 is 44.9 Å². The Kier molecular flexibility index (Phi) is 5.02. The van der Waals surface area contributed by atoms with Gasteiger partial charge in [-0.2, -0.15) is 0 Å². The maximum Gasteiger partial charge on any atom is 0.316 e. The minimum Gasteiger partial charge on any atom is -0.462 e. The summed E-state index contributed by atoms with van der Waals surface area (Å²) in [7, 11) is 0. The van der Waals surface area contributed by atoms with Gasteiger partial charge in [-0.1, -0.05) is 25.6 Å². The van der Waals surface area contributed by atoms with Gasteiger partial charge in [-0.05, 0) is 33.3 Å². The number of aromatic nitrogens is 4. The number of thiophene rings is 1. The number of esters is 1. The van der Waals surface area contributed by atoms with Crippen molar-refractivity contribution in [3.8, 4) is 0 Å². The normalized spacial score (nSPS) is 12.0. The number of hydrogen-bond acceptors (Lipinski definition) is 7. The zero-order valence-electron chi connectivity index (χ0n) is 15.3. The fraction of sp³-hybridized carbons (Fsp3) is 0.529. The molecule has 3 rings (SSSR count). The van der Waals surface area contributed by atoms with E-state index in [9.17, 15) is 4.79 Å². The molecular formula is C17H22N4O2S2. The van der Waals surface area contributed by atoms with E-state index < -0.39 is 0 Å². The summed E-state index contributed by atoms with van der Waals surface area (Å²) in [6.45, 7) is 12.1. The Hall–Kier alpha value is -1.67. The Morgan fingerprint density at radius 3 is 2.60 bits per heavy atom. The van der Waals surface area contributed by atoms with Crippen molar-refractivity contribution in [2.75, 3.05) is 5.75 Å². The summed E-state index contributed by atoms with van der Waals surface area (Å²) in [5, 5.41) is 10.5. The molecule has 0 aliphatic carbocycles. The van der Waals surface area contributed by atoms with Gasteiger partial charge in [-0.25, -0.2) is 4.98 Å². The number of aryl methyl sites for hydroxylation is 2. The molecule has 25 heavy (non-hydrogen) atoms. The summed E-state index contributed by atoms with van der Waals surface area (Å²) in [4.78, 5) is 19.0. The second-order valence-electron chi connectivity index (χ2n) is 6.56. The van der Waals surface area contributed by atoms with Crippen molar-refractivity contribution in [1.82, 2.24) is 19.6 Å². The van der Waals surface area contributed by atoms with Crippen molar-refractivity contribution in [2.45, 2.75) is 58.7 Å². The topological polar surface area (TPSA) is 69.4 Å². The molecule has 0 aliphatic heterocycles. The summed E-state index contributed by atoms with van der Waals surface area (Å²) < 4.78 is 7.19. The molecular weight excluding hydrogens is 356 g/mol. The van der Waals surface area contributed by atoms with Crippen LogP contribution in [0.2, 0.25) is 0 Å². The van der Waals surface area contributed by atoms with Gasteiger partial charge in [-0.15, -0.1) is 21.5 Å². The van der Waals surface area contributed by atoms with E-state index in [1.165, 1.54) is 22.2 Å². The van der Waals surface area contributed by atoms with Crippen LogP contribution in [0.1, 0.15) is 49.9 Å². The van der Waals surface area contributed by atoms with Crippen LogP contribution in [0.4, 0.5) is 0 Å². The number of rotatable bonds is 5. The number of hydrogen-bond donors (Lipinski definition) is 0. The molecule has 0 aliphatic rings. The summed E-state index contributed by atoms with van der Waals surface area (Å²) in [5.74, 6) is 1.08. The third-order valence-corrected chi connectivity index (χ3v) is 5.88. The third kappa shape index (κ3) is 3.37. The Balaban J connectivity index is 2.08. The van der Waals surface area contributed by atoms with E-state index in [4.69, 9.17) is 9.72 Å². The highest BCUT2D eigenvalue weighted by atomic mass is 32.2. The predicted molar refractivity (Wildman–Crippen MR) is 102 cm³/mol. The Morgan fingerprint density at radius 1 is 1.24 bits per heavy atom. The highest BCUT2D eigenvalue weighted by Crippen LogP contribution is 2.34. The molecule has 3 aromatic heterocycles. The summed E-state index contributed by atoms with van der Waals surface area (Å²) >= 11 is 3.02. The highest BCUT2D eigenvalue weighted by Gasteiger charge is 2.21. The average Bonchev–Trinajstić information content (AvgIpc) is 3.05. The molecule has 0 atom stereocenters. The molecule has 0 spiro atoms. The number of ether oxygens (including phenoxy) is 1. The lowest BCUT2D eigenvalue weighted by molar-refractivity contribution is -0.144. The monoisotopic (exact) mass is 378 g/mol. The highest BCUT2D eigenvalue weighted by molar-refractivity contribution is 7.99. The summed E-state index contributed by atoms with van der Waals surface area (Å²) in [6.07, 6.45) is -0.118. The van der Waals surface area contributed by atoms with Crippen LogP contribution >= 0.6 is 23.1 Å². The van der Waals surface area contributed by atoms with Crippen LogP contribution in [-0.2, 0) is 9.53 Å². The molecule has 0 bridgehead atoms. The van der Waals surface area contributed by atoms with E-state index in [0.29, 0.717) is 5.16 Å². The van der Waals surface area contributed by atoms with Gasteiger partial charge in [0.25, 0.3) is 0 Å². The first-order valence-electron chi connectivity index (χ1n) is 8.26. The van der Waals surface area contributed by atoms with E-state index in [0.717, 1.165) is 21.7 Å². The molecule has 0 radical (unpaired) electrons. The minimum absolute atomic E-state index is 0.118. The maximum atomic E-state index is 11.9. The molecule has 0 N–H and O–H groups in total. The van der Waals surface area contributed by atoms with E-state index in [-0.39, 0.29) is 23.7 Å². The average molecular weight is 379 g/mol. The zero-order chi connectivity index (χ0) is 18.3. The molecule has 6 nitrogen and oxygen atoms in total. The van der Waals surface area contributed by atoms with E-state index in [2.05, 4.69) is 37.9 Å². The lowest BCUT2D eigenvalue weighted by Gasteiger charge is -2.11. The summed E-state index contributed by atoms with van der Waals surface area (Å²) in [5.41, 5.74) is 2.01.